The van der Waals surface area contributed by atoms with Gasteiger partial charge in [-0.1, -0.05) is 84.5 Å². The Morgan fingerprint density at radius 1 is 0.636 bits per heavy atom. The van der Waals surface area contributed by atoms with Crippen LogP contribution in [0.2, 0.25) is 0 Å². The van der Waals surface area contributed by atoms with Crippen molar-refractivity contribution in [3.8, 4) is 0 Å². The summed E-state index contributed by atoms with van der Waals surface area (Å²) in [5.41, 5.74) is 0. The van der Waals surface area contributed by atoms with Gasteiger partial charge in [0, 0.05) is 6.61 Å². The van der Waals surface area contributed by atoms with Crippen molar-refractivity contribution in [1.29, 1.82) is 0 Å². The van der Waals surface area contributed by atoms with Crippen LogP contribution in [0.3, 0.4) is 0 Å². The Hall–Kier alpha value is -0.120. The van der Waals surface area contributed by atoms with Crippen molar-refractivity contribution < 1.29 is 15.3 Å². The van der Waals surface area contributed by atoms with E-state index in [1.807, 2.05) is 0 Å². The van der Waals surface area contributed by atoms with Gasteiger partial charge in [-0.25, -0.2) is 0 Å². The highest BCUT2D eigenvalue weighted by molar-refractivity contribution is 4.66. The van der Waals surface area contributed by atoms with E-state index >= 15 is 0 Å². The second kappa shape index (κ2) is 15.8. The summed E-state index contributed by atoms with van der Waals surface area (Å²) in [7, 11) is 0. The third kappa shape index (κ3) is 13.5. The molecule has 22 heavy (non-hydrogen) atoms. The van der Waals surface area contributed by atoms with Gasteiger partial charge in [0.15, 0.2) is 0 Å². The first-order valence-corrected chi connectivity index (χ1v) is 9.58. The normalized spacial score (nSPS) is 15.7. The van der Waals surface area contributed by atoms with E-state index in [1.54, 1.807) is 0 Å². The quantitative estimate of drug-likeness (QED) is 0.369. The van der Waals surface area contributed by atoms with Crippen LogP contribution in [0, 0.1) is 5.92 Å². The van der Waals surface area contributed by atoms with Gasteiger partial charge in [-0.3, -0.25) is 0 Å². The molecule has 3 nitrogen and oxygen atoms in total. The van der Waals surface area contributed by atoms with Crippen LogP contribution in [0.5, 0.6) is 0 Å². The fraction of sp³-hybridized carbons (Fsp3) is 1.00. The predicted octanol–water partition coefficient (Wildman–Crippen LogP) is 4.43. The molecule has 0 aromatic rings. The van der Waals surface area contributed by atoms with Crippen LogP contribution in [-0.4, -0.2) is 34.1 Å². The highest BCUT2D eigenvalue weighted by Crippen LogP contribution is 2.16. The molecular formula is C19H40O3. The van der Waals surface area contributed by atoms with E-state index in [-0.39, 0.29) is 13.0 Å². The first kappa shape index (κ1) is 21.9. The third-order valence-electron chi connectivity index (χ3n) is 4.76. The summed E-state index contributed by atoms with van der Waals surface area (Å²) in [5, 5.41) is 27.9. The average molecular weight is 317 g/mol. The zero-order chi connectivity index (χ0) is 16.6. The van der Waals surface area contributed by atoms with Gasteiger partial charge in [0.05, 0.1) is 12.2 Å². The average Bonchev–Trinajstić information content (AvgIpc) is 2.52. The van der Waals surface area contributed by atoms with Crippen molar-refractivity contribution in [3.05, 3.63) is 0 Å². The van der Waals surface area contributed by atoms with E-state index in [0.29, 0.717) is 6.42 Å². The van der Waals surface area contributed by atoms with Crippen molar-refractivity contribution in [2.45, 2.75) is 110 Å². The minimum Gasteiger partial charge on any atom is -0.396 e. The van der Waals surface area contributed by atoms with Crippen molar-refractivity contribution >= 4 is 0 Å². The van der Waals surface area contributed by atoms with E-state index in [4.69, 9.17) is 5.11 Å². The molecule has 0 radical (unpaired) electrons. The lowest BCUT2D eigenvalue weighted by molar-refractivity contribution is -0.000105. The summed E-state index contributed by atoms with van der Waals surface area (Å²) in [6.07, 6.45) is 13.7. The van der Waals surface area contributed by atoms with Crippen LogP contribution < -0.4 is 0 Å². The lowest BCUT2D eigenvalue weighted by Gasteiger charge is -2.16. The first-order chi connectivity index (χ1) is 10.6. The molecule has 3 N–H and O–H groups in total. The Bertz CT molecular complexity index is 221. The van der Waals surface area contributed by atoms with Gasteiger partial charge in [-0.2, -0.15) is 0 Å². The van der Waals surface area contributed by atoms with Crippen LogP contribution >= 0.6 is 0 Å². The van der Waals surface area contributed by atoms with E-state index in [0.717, 1.165) is 18.8 Å². The Kier molecular flexibility index (Phi) is 15.7. The molecule has 3 atom stereocenters. The summed E-state index contributed by atoms with van der Waals surface area (Å²) in [4.78, 5) is 0. The van der Waals surface area contributed by atoms with Crippen LogP contribution in [0.25, 0.3) is 0 Å². The molecule has 0 fully saturated rings. The monoisotopic (exact) mass is 316 g/mol. The van der Waals surface area contributed by atoms with E-state index in [1.165, 1.54) is 57.8 Å². The molecule has 0 rings (SSSR count). The molecule has 0 spiro atoms. The number of aliphatic hydroxyl groups excluding tert-OH is 3. The second-order valence-corrected chi connectivity index (χ2v) is 6.92. The maximum atomic E-state index is 9.67. The number of aliphatic hydroxyl groups is 3. The Balaban J connectivity index is 3.20. The van der Waals surface area contributed by atoms with Crippen LogP contribution in [0.4, 0.5) is 0 Å². The standard InChI is InChI=1S/C19H40O3/c1-3-17(2)13-11-9-7-5-4-6-8-10-12-14-18(21)19(22)15-16-20/h17-22H,3-16H2,1-2H3. The molecule has 3 heteroatoms. The van der Waals surface area contributed by atoms with Gasteiger partial charge in [-0.05, 0) is 18.8 Å². The molecular weight excluding hydrogens is 276 g/mol. The number of hydrogen-bond donors (Lipinski definition) is 3. The fourth-order valence-corrected chi connectivity index (χ4v) is 2.80. The zero-order valence-corrected chi connectivity index (χ0v) is 15.0. The summed E-state index contributed by atoms with van der Waals surface area (Å²) in [5.74, 6) is 0.895. The summed E-state index contributed by atoms with van der Waals surface area (Å²) in [6, 6.07) is 0. The molecule has 0 saturated carbocycles. The van der Waals surface area contributed by atoms with Crippen molar-refractivity contribution in [3.63, 3.8) is 0 Å². The molecule has 0 amide bonds. The molecule has 134 valence electrons. The maximum Gasteiger partial charge on any atom is 0.0820 e. The molecule has 0 heterocycles. The van der Waals surface area contributed by atoms with Gasteiger partial charge in [0.25, 0.3) is 0 Å². The number of hydrogen-bond acceptors (Lipinski definition) is 3. The minimum atomic E-state index is -0.763. The molecule has 0 aromatic carbocycles. The largest absolute Gasteiger partial charge is 0.396 e. The predicted molar refractivity (Wildman–Crippen MR) is 94.0 cm³/mol. The lowest BCUT2D eigenvalue weighted by Crippen LogP contribution is -2.26. The number of rotatable bonds is 16. The van der Waals surface area contributed by atoms with Gasteiger partial charge in [-0.15, -0.1) is 0 Å². The lowest BCUT2D eigenvalue weighted by atomic mass is 9.99. The summed E-state index contributed by atoms with van der Waals surface area (Å²) < 4.78 is 0. The number of unbranched alkanes of at least 4 members (excludes halogenated alkanes) is 8. The van der Waals surface area contributed by atoms with Gasteiger partial charge in [0.2, 0.25) is 0 Å². The van der Waals surface area contributed by atoms with E-state index < -0.39 is 12.2 Å². The second-order valence-electron chi connectivity index (χ2n) is 6.92. The van der Waals surface area contributed by atoms with Gasteiger partial charge >= 0.3 is 0 Å². The highest BCUT2D eigenvalue weighted by atomic mass is 16.3. The summed E-state index contributed by atoms with van der Waals surface area (Å²) in [6.45, 7) is 4.56. The molecule has 0 saturated heterocycles. The molecule has 0 aliphatic rings. The van der Waals surface area contributed by atoms with Gasteiger partial charge < -0.3 is 15.3 Å². The van der Waals surface area contributed by atoms with E-state index in [9.17, 15) is 10.2 Å². The van der Waals surface area contributed by atoms with Crippen molar-refractivity contribution in [2.75, 3.05) is 6.61 Å². The smallest absolute Gasteiger partial charge is 0.0820 e. The Morgan fingerprint density at radius 3 is 1.50 bits per heavy atom. The molecule has 0 aliphatic carbocycles. The molecule has 0 aliphatic heterocycles. The maximum absolute atomic E-state index is 9.67. The third-order valence-corrected chi connectivity index (χ3v) is 4.76. The Morgan fingerprint density at radius 2 is 1.05 bits per heavy atom. The SMILES string of the molecule is CCC(C)CCCCCCCCCCCC(O)C(O)CCO. The zero-order valence-electron chi connectivity index (χ0n) is 15.0. The van der Waals surface area contributed by atoms with E-state index in [2.05, 4.69) is 13.8 Å². The molecule has 0 bridgehead atoms. The Labute approximate surface area is 138 Å². The topological polar surface area (TPSA) is 60.7 Å². The first-order valence-electron chi connectivity index (χ1n) is 9.58. The van der Waals surface area contributed by atoms with Crippen LogP contribution in [0.15, 0.2) is 0 Å². The van der Waals surface area contributed by atoms with Gasteiger partial charge in [0.1, 0.15) is 0 Å². The highest BCUT2D eigenvalue weighted by Gasteiger charge is 2.14. The summed E-state index contributed by atoms with van der Waals surface area (Å²) >= 11 is 0. The molecule has 3 unspecified atom stereocenters. The van der Waals surface area contributed by atoms with Crippen molar-refractivity contribution in [2.24, 2.45) is 5.92 Å². The van der Waals surface area contributed by atoms with Crippen LogP contribution in [-0.2, 0) is 0 Å². The minimum absolute atomic E-state index is 0.0599. The molecule has 0 aromatic heterocycles. The fourth-order valence-electron chi connectivity index (χ4n) is 2.80. The van der Waals surface area contributed by atoms with Crippen LogP contribution in [0.1, 0.15) is 97.3 Å². The van der Waals surface area contributed by atoms with Crippen molar-refractivity contribution in [1.82, 2.24) is 0 Å².